The Hall–Kier alpha value is -3.77. The Morgan fingerprint density at radius 1 is 1.25 bits per heavy atom. The molecule has 0 unspecified atom stereocenters. The maximum absolute atomic E-state index is 13.8. The summed E-state index contributed by atoms with van der Waals surface area (Å²) in [7, 11) is 1.47. The Balaban J connectivity index is 1.73. The van der Waals surface area contributed by atoms with Crippen LogP contribution < -0.4 is 14.8 Å². The number of carbonyl (C=O) groups excluding carboxylic acids is 1. The van der Waals surface area contributed by atoms with Gasteiger partial charge in [0.15, 0.2) is 11.5 Å². The molecule has 0 saturated carbocycles. The molecule has 7 nitrogen and oxygen atoms in total. The van der Waals surface area contributed by atoms with Crippen molar-refractivity contribution in [2.24, 2.45) is 0 Å². The number of nitrogens with one attached hydrogen (secondary N) is 1. The molecule has 0 fully saturated rings. The second-order valence-corrected chi connectivity index (χ2v) is 7.73. The van der Waals surface area contributed by atoms with Gasteiger partial charge in [-0.05, 0) is 36.3 Å². The Kier molecular flexibility index (Phi) is 7.89. The zero-order chi connectivity index (χ0) is 22.9. The summed E-state index contributed by atoms with van der Waals surface area (Å²) in [6.07, 6.45) is 3.14. The van der Waals surface area contributed by atoms with Crippen molar-refractivity contribution >= 4 is 28.5 Å². The summed E-state index contributed by atoms with van der Waals surface area (Å²) in [6, 6.07) is 13.2. The minimum atomic E-state index is -0.578. The van der Waals surface area contributed by atoms with Crippen molar-refractivity contribution in [2.45, 2.75) is 26.4 Å². The van der Waals surface area contributed by atoms with Crippen molar-refractivity contribution in [1.29, 1.82) is 5.26 Å². The number of nitrogens with zero attached hydrogens (tertiary/aromatic N) is 3. The van der Waals surface area contributed by atoms with Crippen molar-refractivity contribution in [1.82, 2.24) is 10.2 Å². The van der Waals surface area contributed by atoms with E-state index in [-0.39, 0.29) is 18.0 Å². The summed E-state index contributed by atoms with van der Waals surface area (Å²) in [5, 5.41) is 21.1. The molecule has 2 aromatic carbocycles. The van der Waals surface area contributed by atoms with Gasteiger partial charge in [-0.1, -0.05) is 42.5 Å². The summed E-state index contributed by atoms with van der Waals surface area (Å²) in [4.78, 5) is 12.5. The first-order valence-electron chi connectivity index (χ1n) is 9.83. The van der Waals surface area contributed by atoms with Gasteiger partial charge in [0.2, 0.25) is 5.13 Å². The van der Waals surface area contributed by atoms with Gasteiger partial charge in [0.05, 0.1) is 7.11 Å². The Labute approximate surface area is 189 Å². The summed E-state index contributed by atoms with van der Waals surface area (Å²) >= 11 is 1.28. The van der Waals surface area contributed by atoms with Gasteiger partial charge in [-0.25, -0.2) is 4.39 Å². The number of hydrogen-bond donors (Lipinski definition) is 1. The van der Waals surface area contributed by atoms with Gasteiger partial charge in [-0.2, -0.15) is 5.26 Å². The average molecular weight is 453 g/mol. The normalized spacial score (nSPS) is 11.0. The first-order valence-corrected chi connectivity index (χ1v) is 10.7. The van der Waals surface area contributed by atoms with E-state index in [1.54, 1.807) is 36.4 Å². The van der Waals surface area contributed by atoms with Crippen LogP contribution in [0.5, 0.6) is 11.5 Å². The molecule has 0 radical (unpaired) electrons. The van der Waals surface area contributed by atoms with E-state index in [1.807, 2.05) is 13.0 Å². The number of anilines is 1. The number of carbonyl (C=O) groups is 1. The van der Waals surface area contributed by atoms with Crippen LogP contribution in [-0.4, -0.2) is 23.2 Å². The molecule has 1 N–H and O–H groups in total. The molecule has 3 aromatic rings. The standard InChI is InChI=1S/C23H21FN4O3S/c1-3-6-21-27-28-23(32-21)26-22(29)17(13-25)11-15-9-10-19(20(12-15)30-2)31-14-16-7-4-5-8-18(16)24/h4-5,7-12H,3,6,14H2,1-2H3,(H,26,28,29)/b17-11-. The molecule has 0 spiro atoms. The van der Waals surface area contributed by atoms with Gasteiger partial charge in [-0.3, -0.25) is 10.1 Å². The number of methoxy groups -OCH3 is 1. The molecule has 0 bridgehead atoms. The number of hydrogen-bond acceptors (Lipinski definition) is 7. The van der Waals surface area contributed by atoms with E-state index in [2.05, 4.69) is 15.5 Å². The van der Waals surface area contributed by atoms with E-state index in [9.17, 15) is 14.4 Å². The van der Waals surface area contributed by atoms with Crippen molar-refractivity contribution in [2.75, 3.05) is 12.4 Å². The first kappa shape index (κ1) is 22.9. The molecule has 0 aliphatic rings. The van der Waals surface area contributed by atoms with Gasteiger partial charge >= 0.3 is 0 Å². The highest BCUT2D eigenvalue weighted by Crippen LogP contribution is 2.30. The third-order valence-corrected chi connectivity index (χ3v) is 5.25. The van der Waals surface area contributed by atoms with Crippen LogP contribution in [0.3, 0.4) is 0 Å². The molecular formula is C23H21FN4O3S. The molecule has 1 amide bonds. The van der Waals surface area contributed by atoms with Crippen LogP contribution in [-0.2, 0) is 17.8 Å². The number of halogens is 1. The average Bonchev–Trinajstić information content (AvgIpc) is 3.24. The number of aryl methyl sites for hydroxylation is 1. The highest BCUT2D eigenvalue weighted by Gasteiger charge is 2.14. The van der Waals surface area contributed by atoms with Crippen LogP contribution in [0.1, 0.15) is 29.5 Å². The highest BCUT2D eigenvalue weighted by molar-refractivity contribution is 7.15. The van der Waals surface area contributed by atoms with Crippen LogP contribution in [0.4, 0.5) is 9.52 Å². The number of benzene rings is 2. The van der Waals surface area contributed by atoms with E-state index < -0.39 is 5.91 Å². The predicted octanol–water partition coefficient (Wildman–Crippen LogP) is 4.76. The van der Waals surface area contributed by atoms with Gasteiger partial charge in [-0.15, -0.1) is 10.2 Å². The minimum absolute atomic E-state index is 0.0337. The molecule has 1 aromatic heterocycles. The van der Waals surface area contributed by atoms with Crippen molar-refractivity contribution in [3.8, 4) is 17.6 Å². The second kappa shape index (κ2) is 11.0. The van der Waals surface area contributed by atoms with E-state index in [0.717, 1.165) is 17.8 Å². The number of nitriles is 1. The smallest absolute Gasteiger partial charge is 0.268 e. The Bertz CT molecular complexity index is 1170. The second-order valence-electron chi connectivity index (χ2n) is 6.67. The lowest BCUT2D eigenvalue weighted by Crippen LogP contribution is -2.13. The minimum Gasteiger partial charge on any atom is -0.493 e. The van der Waals surface area contributed by atoms with Crippen LogP contribution in [0.2, 0.25) is 0 Å². The molecule has 9 heteroatoms. The molecule has 0 aliphatic carbocycles. The molecule has 1 heterocycles. The van der Waals surface area contributed by atoms with E-state index in [0.29, 0.717) is 27.8 Å². The molecule has 3 rings (SSSR count). The molecule has 32 heavy (non-hydrogen) atoms. The zero-order valence-corrected chi connectivity index (χ0v) is 18.4. The van der Waals surface area contributed by atoms with Crippen molar-refractivity contribution in [3.63, 3.8) is 0 Å². The fourth-order valence-electron chi connectivity index (χ4n) is 2.76. The van der Waals surface area contributed by atoms with E-state index >= 15 is 0 Å². The zero-order valence-electron chi connectivity index (χ0n) is 17.6. The van der Waals surface area contributed by atoms with Gasteiger partial charge in [0.1, 0.15) is 29.1 Å². The van der Waals surface area contributed by atoms with Gasteiger partial charge in [0.25, 0.3) is 5.91 Å². The maximum atomic E-state index is 13.8. The third kappa shape index (κ3) is 5.89. The number of ether oxygens (including phenoxy) is 2. The lowest BCUT2D eigenvalue weighted by atomic mass is 10.1. The quantitative estimate of drug-likeness (QED) is 0.371. The van der Waals surface area contributed by atoms with Crippen molar-refractivity contribution in [3.05, 3.63) is 70.0 Å². The summed E-state index contributed by atoms with van der Waals surface area (Å²) in [5.41, 5.74) is 0.885. The fraction of sp³-hybridized carbons (Fsp3) is 0.217. The third-order valence-electron chi connectivity index (χ3n) is 4.36. The van der Waals surface area contributed by atoms with Crippen molar-refractivity contribution < 1.29 is 18.7 Å². The molecule has 0 aliphatic heterocycles. The maximum Gasteiger partial charge on any atom is 0.268 e. The SMILES string of the molecule is CCCc1nnc(NC(=O)/C(C#N)=C\c2ccc(OCc3ccccc3F)c(OC)c2)s1. The number of rotatable bonds is 9. The van der Waals surface area contributed by atoms with Gasteiger partial charge in [0, 0.05) is 12.0 Å². The fourth-order valence-corrected chi connectivity index (χ4v) is 3.60. The summed E-state index contributed by atoms with van der Waals surface area (Å²) in [6.45, 7) is 2.06. The topological polar surface area (TPSA) is 97.1 Å². The lowest BCUT2D eigenvalue weighted by molar-refractivity contribution is -0.112. The van der Waals surface area contributed by atoms with Gasteiger partial charge < -0.3 is 9.47 Å². The molecule has 0 saturated heterocycles. The Morgan fingerprint density at radius 2 is 2.06 bits per heavy atom. The molecule has 0 atom stereocenters. The number of aromatic nitrogens is 2. The van der Waals surface area contributed by atoms with Crippen LogP contribution in [0.25, 0.3) is 6.08 Å². The van der Waals surface area contributed by atoms with Crippen LogP contribution in [0.15, 0.2) is 48.0 Å². The largest absolute Gasteiger partial charge is 0.493 e. The Morgan fingerprint density at radius 3 is 2.78 bits per heavy atom. The lowest BCUT2D eigenvalue weighted by Gasteiger charge is -2.12. The molecular weight excluding hydrogens is 431 g/mol. The summed E-state index contributed by atoms with van der Waals surface area (Å²) in [5.74, 6) is -0.132. The summed E-state index contributed by atoms with van der Waals surface area (Å²) < 4.78 is 24.8. The van der Waals surface area contributed by atoms with E-state index in [4.69, 9.17) is 9.47 Å². The molecule has 164 valence electrons. The monoisotopic (exact) mass is 452 g/mol. The van der Waals surface area contributed by atoms with E-state index in [1.165, 1.54) is 30.6 Å². The van der Waals surface area contributed by atoms with Crippen LogP contribution >= 0.6 is 11.3 Å². The first-order chi connectivity index (χ1) is 15.5. The predicted molar refractivity (Wildman–Crippen MR) is 120 cm³/mol. The van der Waals surface area contributed by atoms with Crippen LogP contribution in [0, 0.1) is 17.1 Å². The number of amides is 1. The highest BCUT2D eigenvalue weighted by atomic mass is 32.1.